The summed E-state index contributed by atoms with van der Waals surface area (Å²) in [5.74, 6) is 0. The Bertz CT molecular complexity index is 3340. The molecule has 11 aromatic carbocycles. The van der Waals surface area contributed by atoms with Gasteiger partial charge >= 0.3 is 0 Å². The summed E-state index contributed by atoms with van der Waals surface area (Å²) >= 11 is 0. The summed E-state index contributed by atoms with van der Waals surface area (Å²) in [6, 6.07) is 94.7. The Kier molecular flexibility index (Phi) is 9.97. The van der Waals surface area contributed by atoms with Crippen molar-refractivity contribution >= 4 is 38.6 Å². The monoisotopic (exact) mass is 801 g/mol. The van der Waals surface area contributed by atoms with Gasteiger partial charge in [0.2, 0.25) is 0 Å². The summed E-state index contributed by atoms with van der Waals surface area (Å²) in [5, 5.41) is 5.05. The Morgan fingerprint density at radius 3 is 1.21 bits per heavy atom. The number of fused-ring (bicyclic) bond motifs is 3. The number of rotatable bonds is 9. The molecule has 296 valence electrons. The lowest BCUT2D eigenvalue weighted by atomic mass is 9.90. The Hall–Kier alpha value is -8.26. The second kappa shape index (κ2) is 16.7. The molecule has 11 aromatic rings. The van der Waals surface area contributed by atoms with Gasteiger partial charge in [0.15, 0.2) is 0 Å². The van der Waals surface area contributed by atoms with Crippen molar-refractivity contribution < 1.29 is 0 Å². The fraction of sp³-hybridized carbons (Fsp3) is 0. The minimum atomic E-state index is 1.08. The average molecular weight is 802 g/mol. The van der Waals surface area contributed by atoms with Crippen LogP contribution in [0.25, 0.3) is 88.3 Å². The number of hydrogen-bond acceptors (Lipinski definition) is 1. The molecule has 1 heteroatoms. The summed E-state index contributed by atoms with van der Waals surface area (Å²) in [6.07, 6.45) is 0. The molecular formula is C62H43N. The van der Waals surface area contributed by atoms with Gasteiger partial charge in [-0.05, 0) is 131 Å². The third-order valence-corrected chi connectivity index (χ3v) is 12.3. The number of anilines is 3. The van der Waals surface area contributed by atoms with Gasteiger partial charge < -0.3 is 4.90 Å². The van der Waals surface area contributed by atoms with Crippen LogP contribution in [-0.2, 0) is 0 Å². The highest BCUT2D eigenvalue weighted by atomic mass is 15.1. The zero-order valence-electron chi connectivity index (χ0n) is 34.8. The molecule has 0 saturated carbocycles. The molecule has 0 amide bonds. The van der Waals surface area contributed by atoms with Crippen molar-refractivity contribution in [1.29, 1.82) is 0 Å². The SMILES string of the molecule is c1ccc(-c2ccc(N(c3ccc(-c4cc5ccccc5c5ccccc45)cc3)c3ccc(-c4ccc(-c5ccccc5)c(-c5ccccc5)c4)cc3-c3ccccc3)cc2)cc1. The fourth-order valence-corrected chi connectivity index (χ4v) is 9.15. The van der Waals surface area contributed by atoms with Crippen LogP contribution in [0.15, 0.2) is 261 Å². The van der Waals surface area contributed by atoms with Crippen LogP contribution < -0.4 is 4.90 Å². The Morgan fingerprint density at radius 1 is 0.206 bits per heavy atom. The van der Waals surface area contributed by atoms with E-state index in [1.165, 1.54) is 71.6 Å². The van der Waals surface area contributed by atoms with E-state index in [1.807, 2.05) is 0 Å². The summed E-state index contributed by atoms with van der Waals surface area (Å²) in [6.45, 7) is 0. The smallest absolute Gasteiger partial charge is 0.0540 e. The Labute approximate surface area is 369 Å². The highest BCUT2D eigenvalue weighted by Crippen LogP contribution is 2.45. The Balaban J connectivity index is 1.07. The van der Waals surface area contributed by atoms with Gasteiger partial charge in [-0.25, -0.2) is 0 Å². The van der Waals surface area contributed by atoms with E-state index < -0.39 is 0 Å². The topological polar surface area (TPSA) is 3.24 Å². The average Bonchev–Trinajstić information content (AvgIpc) is 3.37. The summed E-state index contributed by atoms with van der Waals surface area (Å²) in [7, 11) is 0. The molecule has 0 aliphatic heterocycles. The van der Waals surface area contributed by atoms with Crippen molar-refractivity contribution in [2.75, 3.05) is 4.90 Å². The molecule has 0 atom stereocenters. The number of benzene rings is 11. The lowest BCUT2D eigenvalue weighted by molar-refractivity contribution is 1.28. The van der Waals surface area contributed by atoms with Gasteiger partial charge in [-0.1, -0.05) is 212 Å². The lowest BCUT2D eigenvalue weighted by Gasteiger charge is -2.29. The molecule has 0 unspecified atom stereocenters. The second-order valence-electron chi connectivity index (χ2n) is 16.1. The third kappa shape index (κ3) is 7.37. The first-order valence-electron chi connectivity index (χ1n) is 21.7. The van der Waals surface area contributed by atoms with E-state index in [0.29, 0.717) is 0 Å². The van der Waals surface area contributed by atoms with Crippen LogP contribution in [0.5, 0.6) is 0 Å². The largest absolute Gasteiger partial charge is 0.310 e. The minimum absolute atomic E-state index is 1.08. The summed E-state index contributed by atoms with van der Waals surface area (Å²) < 4.78 is 0. The van der Waals surface area contributed by atoms with Crippen LogP contribution >= 0.6 is 0 Å². The first kappa shape index (κ1) is 37.7. The maximum atomic E-state index is 2.41. The predicted molar refractivity (Wildman–Crippen MR) is 269 cm³/mol. The molecule has 0 fully saturated rings. The van der Waals surface area contributed by atoms with Crippen molar-refractivity contribution in [2.45, 2.75) is 0 Å². The van der Waals surface area contributed by atoms with Gasteiger partial charge in [-0.15, -0.1) is 0 Å². The van der Waals surface area contributed by atoms with Crippen LogP contribution in [0.4, 0.5) is 17.1 Å². The van der Waals surface area contributed by atoms with Crippen LogP contribution in [-0.4, -0.2) is 0 Å². The second-order valence-corrected chi connectivity index (χ2v) is 16.1. The normalized spacial score (nSPS) is 11.2. The number of hydrogen-bond donors (Lipinski definition) is 0. The van der Waals surface area contributed by atoms with Gasteiger partial charge in [-0.3, -0.25) is 0 Å². The zero-order valence-corrected chi connectivity index (χ0v) is 34.8. The van der Waals surface area contributed by atoms with Gasteiger partial charge in [0.25, 0.3) is 0 Å². The molecule has 0 aliphatic carbocycles. The standard InChI is InChI=1S/C62H43N/c1-5-17-44(18-6-1)45-29-35-53(36-30-45)63(54-37-31-49(32-38-54)60-43-52-25-13-14-26-55(52)57-27-15-16-28-58(57)60)62-40-34-51(42-61(62)48-23-11-4-12-24-48)50-33-39-56(46-19-7-2-8-20-46)59(41-50)47-21-9-3-10-22-47/h1-43H. The van der Waals surface area contributed by atoms with E-state index in [9.17, 15) is 0 Å². The van der Waals surface area contributed by atoms with E-state index in [0.717, 1.165) is 33.8 Å². The van der Waals surface area contributed by atoms with E-state index in [-0.39, 0.29) is 0 Å². The maximum Gasteiger partial charge on any atom is 0.0540 e. The van der Waals surface area contributed by atoms with Crippen LogP contribution in [0, 0.1) is 0 Å². The molecular weight excluding hydrogens is 759 g/mol. The molecule has 0 aliphatic rings. The molecule has 0 spiro atoms. The fourth-order valence-electron chi connectivity index (χ4n) is 9.15. The van der Waals surface area contributed by atoms with Crippen LogP contribution in [0.3, 0.4) is 0 Å². The van der Waals surface area contributed by atoms with Crippen molar-refractivity contribution in [3.05, 3.63) is 261 Å². The first-order valence-corrected chi connectivity index (χ1v) is 21.7. The highest BCUT2D eigenvalue weighted by Gasteiger charge is 2.20. The van der Waals surface area contributed by atoms with Crippen molar-refractivity contribution in [1.82, 2.24) is 0 Å². The highest BCUT2D eigenvalue weighted by molar-refractivity contribution is 6.13. The van der Waals surface area contributed by atoms with E-state index in [2.05, 4.69) is 266 Å². The zero-order chi connectivity index (χ0) is 42.0. The molecule has 0 radical (unpaired) electrons. The molecule has 11 rings (SSSR count). The minimum Gasteiger partial charge on any atom is -0.310 e. The van der Waals surface area contributed by atoms with E-state index >= 15 is 0 Å². The van der Waals surface area contributed by atoms with Gasteiger partial charge in [0.05, 0.1) is 5.69 Å². The third-order valence-electron chi connectivity index (χ3n) is 12.3. The molecule has 0 N–H and O–H groups in total. The van der Waals surface area contributed by atoms with Crippen molar-refractivity contribution in [3.8, 4) is 66.8 Å². The van der Waals surface area contributed by atoms with Crippen molar-refractivity contribution in [2.24, 2.45) is 0 Å². The summed E-state index contributed by atoms with van der Waals surface area (Å²) in [4.78, 5) is 2.41. The van der Waals surface area contributed by atoms with Crippen LogP contribution in [0.2, 0.25) is 0 Å². The van der Waals surface area contributed by atoms with Crippen molar-refractivity contribution in [3.63, 3.8) is 0 Å². The van der Waals surface area contributed by atoms with Gasteiger partial charge in [0, 0.05) is 16.9 Å². The molecule has 1 nitrogen and oxygen atoms in total. The van der Waals surface area contributed by atoms with Crippen LogP contribution in [0.1, 0.15) is 0 Å². The maximum absolute atomic E-state index is 2.41. The molecule has 63 heavy (non-hydrogen) atoms. The first-order chi connectivity index (χ1) is 31.2. The molecule has 0 aromatic heterocycles. The number of nitrogens with zero attached hydrogens (tertiary/aromatic N) is 1. The van der Waals surface area contributed by atoms with Gasteiger partial charge in [-0.2, -0.15) is 0 Å². The molecule has 0 heterocycles. The quantitative estimate of drug-likeness (QED) is 0.131. The Morgan fingerprint density at radius 2 is 0.603 bits per heavy atom. The van der Waals surface area contributed by atoms with E-state index in [1.54, 1.807) is 0 Å². The molecule has 0 bridgehead atoms. The lowest BCUT2D eigenvalue weighted by Crippen LogP contribution is -2.11. The van der Waals surface area contributed by atoms with E-state index in [4.69, 9.17) is 0 Å². The predicted octanol–water partition coefficient (Wildman–Crippen LogP) is 17.5. The molecule has 0 saturated heterocycles. The van der Waals surface area contributed by atoms with Gasteiger partial charge in [0.1, 0.15) is 0 Å². The summed E-state index contributed by atoms with van der Waals surface area (Å²) in [5.41, 5.74) is 17.5.